The number of nitrogens with two attached hydrogens (primary N) is 1. The van der Waals surface area contributed by atoms with E-state index in [1.165, 1.54) is 0 Å². The number of nitrogens with one attached hydrogen (secondary N) is 1. The van der Waals surface area contributed by atoms with Crippen molar-refractivity contribution in [1.82, 2.24) is 0 Å². The van der Waals surface area contributed by atoms with Crippen LogP contribution in [0.4, 0.5) is 5.69 Å². The smallest absolute Gasteiger partial charge is 0.141 e. The van der Waals surface area contributed by atoms with Crippen molar-refractivity contribution in [2.24, 2.45) is 5.73 Å². The van der Waals surface area contributed by atoms with Crippen LogP contribution in [0.1, 0.15) is 0 Å². The quantitative estimate of drug-likeness (QED) is 0.714. The number of methoxy groups -OCH3 is 1. The second-order valence-corrected chi connectivity index (χ2v) is 3.04. The van der Waals surface area contributed by atoms with Crippen LogP contribution in [0.15, 0.2) is 24.3 Å². The molecule has 0 saturated carbocycles. The van der Waals surface area contributed by atoms with Gasteiger partial charge in [-0.1, -0.05) is 24.4 Å². The van der Waals surface area contributed by atoms with Crippen molar-refractivity contribution in [1.29, 1.82) is 0 Å². The molecule has 70 valence electrons. The van der Waals surface area contributed by atoms with Gasteiger partial charge in [-0.05, 0) is 12.1 Å². The third-order valence-corrected chi connectivity index (χ3v) is 1.70. The zero-order chi connectivity index (χ0) is 9.68. The molecule has 0 heterocycles. The second-order valence-electron chi connectivity index (χ2n) is 2.52. The predicted molar refractivity (Wildman–Crippen MR) is 58.3 cm³/mol. The molecule has 0 saturated heterocycles. The molecule has 0 fully saturated rings. The molecule has 0 radical (unpaired) electrons. The molecule has 0 unspecified atom stereocenters. The van der Waals surface area contributed by atoms with E-state index in [2.05, 4.69) is 5.32 Å². The molecule has 4 heteroatoms. The van der Waals surface area contributed by atoms with Gasteiger partial charge in [0.05, 0.1) is 24.3 Å². The number of ether oxygens (including phenoxy) is 1. The first kappa shape index (κ1) is 9.80. The third-order valence-electron chi connectivity index (χ3n) is 1.56. The van der Waals surface area contributed by atoms with Crippen LogP contribution in [0.2, 0.25) is 0 Å². The van der Waals surface area contributed by atoms with E-state index in [-0.39, 0.29) is 0 Å². The summed E-state index contributed by atoms with van der Waals surface area (Å²) in [5.74, 6) is 0.791. The molecule has 0 spiro atoms. The van der Waals surface area contributed by atoms with Crippen molar-refractivity contribution in [3.05, 3.63) is 24.3 Å². The van der Waals surface area contributed by atoms with Gasteiger partial charge in [-0.15, -0.1) is 0 Å². The lowest BCUT2D eigenvalue weighted by Gasteiger charge is -2.09. The highest BCUT2D eigenvalue weighted by atomic mass is 32.1. The molecule has 0 aliphatic carbocycles. The molecule has 0 aliphatic heterocycles. The van der Waals surface area contributed by atoms with E-state index in [1.54, 1.807) is 7.11 Å². The Morgan fingerprint density at radius 1 is 1.54 bits per heavy atom. The SMILES string of the molecule is COc1ccccc1NCC(N)=S. The van der Waals surface area contributed by atoms with E-state index in [9.17, 15) is 0 Å². The predicted octanol–water partition coefficient (Wildman–Crippen LogP) is 1.39. The van der Waals surface area contributed by atoms with Gasteiger partial charge in [-0.2, -0.15) is 0 Å². The molecule has 0 amide bonds. The monoisotopic (exact) mass is 196 g/mol. The fourth-order valence-electron chi connectivity index (χ4n) is 0.973. The van der Waals surface area contributed by atoms with Crippen LogP contribution in [0.3, 0.4) is 0 Å². The maximum Gasteiger partial charge on any atom is 0.141 e. The average Bonchev–Trinajstić information content (AvgIpc) is 2.15. The van der Waals surface area contributed by atoms with Gasteiger partial charge in [-0.25, -0.2) is 0 Å². The minimum atomic E-state index is 0.436. The van der Waals surface area contributed by atoms with Crippen LogP contribution in [-0.2, 0) is 0 Å². The lowest BCUT2D eigenvalue weighted by Crippen LogP contribution is -2.19. The summed E-state index contributed by atoms with van der Waals surface area (Å²) in [5.41, 5.74) is 6.26. The fraction of sp³-hybridized carbons (Fsp3) is 0.222. The molecule has 0 atom stereocenters. The highest BCUT2D eigenvalue weighted by molar-refractivity contribution is 7.80. The standard InChI is InChI=1S/C9H12N2OS/c1-12-8-5-3-2-4-7(8)11-6-9(10)13/h2-5,11H,6H2,1H3,(H2,10,13). The zero-order valence-electron chi connectivity index (χ0n) is 7.41. The van der Waals surface area contributed by atoms with E-state index in [0.29, 0.717) is 11.5 Å². The van der Waals surface area contributed by atoms with Gasteiger partial charge >= 0.3 is 0 Å². The molecule has 0 bridgehead atoms. The van der Waals surface area contributed by atoms with Crippen LogP contribution >= 0.6 is 12.2 Å². The summed E-state index contributed by atoms with van der Waals surface area (Å²) in [6.45, 7) is 0.482. The Labute approximate surface area is 82.9 Å². The van der Waals surface area contributed by atoms with Gasteiger partial charge < -0.3 is 15.8 Å². The minimum absolute atomic E-state index is 0.436. The number of benzene rings is 1. The lowest BCUT2D eigenvalue weighted by atomic mass is 10.3. The average molecular weight is 196 g/mol. The normalized spacial score (nSPS) is 9.31. The summed E-state index contributed by atoms with van der Waals surface area (Å²) in [6, 6.07) is 7.62. The first-order valence-electron chi connectivity index (χ1n) is 3.89. The topological polar surface area (TPSA) is 47.3 Å². The van der Waals surface area contributed by atoms with Crippen molar-refractivity contribution in [3.63, 3.8) is 0 Å². The van der Waals surface area contributed by atoms with Gasteiger partial charge in [-0.3, -0.25) is 0 Å². The Morgan fingerprint density at radius 3 is 2.85 bits per heavy atom. The number of anilines is 1. The van der Waals surface area contributed by atoms with E-state index in [4.69, 9.17) is 22.7 Å². The molecule has 13 heavy (non-hydrogen) atoms. The summed E-state index contributed by atoms with van der Waals surface area (Å²) in [4.78, 5) is 0.436. The van der Waals surface area contributed by atoms with Crippen LogP contribution < -0.4 is 15.8 Å². The first-order valence-corrected chi connectivity index (χ1v) is 4.30. The first-order chi connectivity index (χ1) is 6.24. The Hall–Kier alpha value is -1.29. The van der Waals surface area contributed by atoms with Crippen LogP contribution in [0.5, 0.6) is 5.75 Å². The summed E-state index contributed by atoms with van der Waals surface area (Å²) in [6.07, 6.45) is 0. The van der Waals surface area contributed by atoms with Gasteiger partial charge in [0.2, 0.25) is 0 Å². The second kappa shape index (κ2) is 4.67. The fourth-order valence-corrected chi connectivity index (χ4v) is 1.05. The summed E-state index contributed by atoms with van der Waals surface area (Å²) in [7, 11) is 1.63. The molecule has 3 N–H and O–H groups in total. The molecule has 0 aromatic heterocycles. The summed E-state index contributed by atoms with van der Waals surface area (Å²) in [5, 5.41) is 3.07. The number of rotatable bonds is 4. The molecule has 3 nitrogen and oxygen atoms in total. The van der Waals surface area contributed by atoms with Crippen molar-refractivity contribution < 1.29 is 4.74 Å². The molecule has 1 aromatic carbocycles. The van der Waals surface area contributed by atoms with Crippen LogP contribution in [0, 0.1) is 0 Å². The van der Waals surface area contributed by atoms with E-state index < -0.39 is 0 Å². The van der Waals surface area contributed by atoms with Crippen LogP contribution in [-0.4, -0.2) is 18.6 Å². The minimum Gasteiger partial charge on any atom is -0.495 e. The summed E-state index contributed by atoms with van der Waals surface area (Å²) < 4.78 is 5.13. The van der Waals surface area contributed by atoms with Crippen molar-refractivity contribution in [2.45, 2.75) is 0 Å². The van der Waals surface area contributed by atoms with Gasteiger partial charge in [0.15, 0.2) is 0 Å². The van der Waals surface area contributed by atoms with E-state index in [0.717, 1.165) is 11.4 Å². The largest absolute Gasteiger partial charge is 0.495 e. The third kappa shape index (κ3) is 2.91. The molecule has 1 aromatic rings. The zero-order valence-corrected chi connectivity index (χ0v) is 8.23. The molecule has 1 rings (SSSR count). The van der Waals surface area contributed by atoms with Crippen molar-refractivity contribution >= 4 is 22.9 Å². The Kier molecular flexibility index (Phi) is 3.52. The summed E-state index contributed by atoms with van der Waals surface area (Å²) >= 11 is 4.75. The molecular weight excluding hydrogens is 184 g/mol. The lowest BCUT2D eigenvalue weighted by molar-refractivity contribution is 0.416. The molecule has 0 aliphatic rings. The Balaban J connectivity index is 2.69. The Bertz CT molecular complexity index is 301. The van der Waals surface area contributed by atoms with Gasteiger partial charge in [0.25, 0.3) is 0 Å². The van der Waals surface area contributed by atoms with E-state index >= 15 is 0 Å². The number of para-hydroxylation sites is 2. The highest BCUT2D eigenvalue weighted by Gasteiger charge is 1.99. The van der Waals surface area contributed by atoms with Crippen LogP contribution in [0.25, 0.3) is 0 Å². The van der Waals surface area contributed by atoms with E-state index in [1.807, 2.05) is 24.3 Å². The molecular formula is C9H12N2OS. The number of thiocarbonyl (C=S) groups is 1. The van der Waals surface area contributed by atoms with Gasteiger partial charge in [0, 0.05) is 0 Å². The number of hydrogen-bond acceptors (Lipinski definition) is 3. The maximum atomic E-state index is 5.36. The van der Waals surface area contributed by atoms with Crippen molar-refractivity contribution in [3.8, 4) is 5.75 Å². The Morgan fingerprint density at radius 2 is 2.23 bits per heavy atom. The maximum absolute atomic E-state index is 5.36. The highest BCUT2D eigenvalue weighted by Crippen LogP contribution is 2.22. The van der Waals surface area contributed by atoms with Crippen molar-refractivity contribution in [2.75, 3.05) is 19.0 Å². The van der Waals surface area contributed by atoms with Gasteiger partial charge in [0.1, 0.15) is 5.75 Å². The number of hydrogen-bond donors (Lipinski definition) is 2.